The van der Waals surface area contributed by atoms with E-state index in [2.05, 4.69) is 17.1 Å². The molecule has 0 radical (unpaired) electrons. The maximum Gasteiger partial charge on any atom is 0.280 e. The molecule has 0 atom stereocenters. The Morgan fingerprint density at radius 1 is 1.38 bits per heavy atom. The maximum absolute atomic E-state index is 12.5. The number of nitrogens with two attached hydrogens (primary N) is 1. The van der Waals surface area contributed by atoms with Crippen molar-refractivity contribution in [2.75, 3.05) is 17.7 Å². The van der Waals surface area contributed by atoms with E-state index in [9.17, 15) is 4.79 Å². The van der Waals surface area contributed by atoms with Gasteiger partial charge in [-0.05, 0) is 37.0 Å². The molecule has 0 unspecified atom stereocenters. The first kappa shape index (κ1) is 13.7. The van der Waals surface area contributed by atoms with Gasteiger partial charge in [0, 0.05) is 18.7 Å². The highest BCUT2D eigenvalue weighted by atomic mass is 16.2. The molecule has 2 aromatic rings. The number of H-pyrrole nitrogens is 1. The summed E-state index contributed by atoms with van der Waals surface area (Å²) in [6.07, 6.45) is 3.22. The molecule has 0 bridgehead atoms. The molecule has 5 nitrogen and oxygen atoms in total. The first-order chi connectivity index (χ1) is 10.1. The Bertz CT molecular complexity index is 655. The van der Waals surface area contributed by atoms with E-state index in [4.69, 9.17) is 5.73 Å². The molecule has 5 heteroatoms. The Labute approximate surface area is 124 Å². The molecule has 110 valence electrons. The molecule has 3 rings (SSSR count). The van der Waals surface area contributed by atoms with Crippen LogP contribution < -0.4 is 10.6 Å². The lowest BCUT2D eigenvalue weighted by Gasteiger charge is -2.16. The van der Waals surface area contributed by atoms with Crippen molar-refractivity contribution in [3.8, 4) is 0 Å². The zero-order valence-corrected chi connectivity index (χ0v) is 12.4. The maximum atomic E-state index is 12.5. The molecule has 1 aliphatic rings. The van der Waals surface area contributed by atoms with Crippen LogP contribution in [0.3, 0.4) is 0 Å². The first-order valence-electron chi connectivity index (χ1n) is 7.32. The predicted octanol–water partition coefficient (Wildman–Crippen LogP) is 2.71. The number of aromatic nitrogens is 2. The highest BCUT2D eigenvalue weighted by Gasteiger charge is 2.31. The molecule has 1 fully saturated rings. The number of aryl methyl sites for hydroxylation is 1. The molecule has 3 N–H and O–H groups in total. The van der Waals surface area contributed by atoms with Gasteiger partial charge in [0.2, 0.25) is 0 Å². The van der Waals surface area contributed by atoms with Crippen molar-refractivity contribution >= 4 is 17.3 Å². The number of nitrogen functional groups attached to an aromatic ring is 1. The normalized spacial score (nSPS) is 14.2. The number of aromatic amines is 1. The monoisotopic (exact) mass is 284 g/mol. The van der Waals surface area contributed by atoms with Crippen LogP contribution in [-0.4, -0.2) is 23.2 Å². The number of anilines is 2. The summed E-state index contributed by atoms with van der Waals surface area (Å²) in [5.41, 5.74) is 9.88. The predicted molar refractivity (Wildman–Crippen MR) is 83.5 cm³/mol. The van der Waals surface area contributed by atoms with E-state index in [0.29, 0.717) is 17.3 Å². The second-order valence-corrected chi connectivity index (χ2v) is 5.56. The molecule has 21 heavy (non-hydrogen) atoms. The fraction of sp³-hybridized carbons (Fsp3) is 0.375. The molecule has 1 aliphatic carbocycles. The SMILES string of the molecule is CCc1ccc(N(C)C(=O)c2n[nH]c(C3CC3)c2N)cc1. The summed E-state index contributed by atoms with van der Waals surface area (Å²) >= 11 is 0. The molecule has 1 amide bonds. The molecule has 1 aromatic carbocycles. The third-order valence-corrected chi connectivity index (χ3v) is 4.06. The van der Waals surface area contributed by atoms with E-state index < -0.39 is 0 Å². The largest absolute Gasteiger partial charge is 0.395 e. The van der Waals surface area contributed by atoms with Gasteiger partial charge in [-0.1, -0.05) is 19.1 Å². The van der Waals surface area contributed by atoms with Crippen LogP contribution >= 0.6 is 0 Å². The Balaban J connectivity index is 1.83. The van der Waals surface area contributed by atoms with Crippen LogP contribution in [0.15, 0.2) is 24.3 Å². The van der Waals surface area contributed by atoms with Gasteiger partial charge in [0.25, 0.3) is 5.91 Å². The molecule has 1 aromatic heterocycles. The van der Waals surface area contributed by atoms with Crippen LogP contribution in [0.5, 0.6) is 0 Å². The molecular weight excluding hydrogens is 264 g/mol. The molecule has 0 saturated heterocycles. The summed E-state index contributed by atoms with van der Waals surface area (Å²) in [6, 6.07) is 7.95. The number of nitrogens with zero attached hydrogens (tertiary/aromatic N) is 2. The number of amides is 1. The van der Waals surface area contributed by atoms with E-state index in [1.165, 1.54) is 5.56 Å². The second-order valence-electron chi connectivity index (χ2n) is 5.56. The lowest BCUT2D eigenvalue weighted by Crippen LogP contribution is -2.27. The molecule has 1 saturated carbocycles. The van der Waals surface area contributed by atoms with Crippen molar-refractivity contribution in [2.24, 2.45) is 0 Å². The molecular formula is C16H20N4O. The zero-order valence-electron chi connectivity index (χ0n) is 12.4. The Kier molecular flexibility index (Phi) is 3.41. The van der Waals surface area contributed by atoms with E-state index in [-0.39, 0.29) is 5.91 Å². The van der Waals surface area contributed by atoms with Crippen molar-refractivity contribution in [1.82, 2.24) is 10.2 Å². The number of rotatable bonds is 4. The minimum Gasteiger partial charge on any atom is -0.395 e. The van der Waals surface area contributed by atoms with Crippen LogP contribution in [0.1, 0.15) is 47.4 Å². The van der Waals surface area contributed by atoms with Gasteiger partial charge in [-0.2, -0.15) is 5.10 Å². The average molecular weight is 284 g/mol. The summed E-state index contributed by atoms with van der Waals surface area (Å²) in [6.45, 7) is 2.10. The summed E-state index contributed by atoms with van der Waals surface area (Å²) in [5.74, 6) is 0.271. The summed E-state index contributed by atoms with van der Waals surface area (Å²) < 4.78 is 0. The minimum absolute atomic E-state index is 0.181. The van der Waals surface area contributed by atoms with Gasteiger partial charge in [0.1, 0.15) is 0 Å². The lowest BCUT2D eigenvalue weighted by molar-refractivity contribution is 0.0989. The minimum atomic E-state index is -0.181. The molecule has 1 heterocycles. The van der Waals surface area contributed by atoms with Crippen LogP contribution in [0.4, 0.5) is 11.4 Å². The van der Waals surface area contributed by atoms with Crippen LogP contribution in [-0.2, 0) is 6.42 Å². The van der Waals surface area contributed by atoms with E-state index in [1.54, 1.807) is 11.9 Å². The summed E-state index contributed by atoms with van der Waals surface area (Å²) in [5, 5.41) is 7.03. The van der Waals surface area contributed by atoms with Crippen molar-refractivity contribution in [3.63, 3.8) is 0 Å². The van der Waals surface area contributed by atoms with Crippen molar-refractivity contribution in [2.45, 2.75) is 32.1 Å². The van der Waals surface area contributed by atoms with Crippen molar-refractivity contribution in [3.05, 3.63) is 41.2 Å². The fourth-order valence-corrected chi connectivity index (χ4v) is 2.44. The second kappa shape index (κ2) is 5.24. The lowest BCUT2D eigenvalue weighted by atomic mass is 10.1. The van der Waals surface area contributed by atoms with E-state index >= 15 is 0 Å². The van der Waals surface area contributed by atoms with Gasteiger partial charge in [-0.15, -0.1) is 0 Å². The van der Waals surface area contributed by atoms with Crippen LogP contribution in [0.2, 0.25) is 0 Å². The van der Waals surface area contributed by atoms with Crippen molar-refractivity contribution in [1.29, 1.82) is 0 Å². The topological polar surface area (TPSA) is 75.0 Å². The highest BCUT2D eigenvalue weighted by Crippen LogP contribution is 2.42. The molecule has 0 aliphatic heterocycles. The number of benzene rings is 1. The van der Waals surface area contributed by atoms with Crippen molar-refractivity contribution < 1.29 is 4.79 Å². The van der Waals surface area contributed by atoms with Crippen LogP contribution in [0.25, 0.3) is 0 Å². The van der Waals surface area contributed by atoms with Crippen LogP contribution in [0, 0.1) is 0 Å². The molecule has 0 spiro atoms. The fourth-order valence-electron chi connectivity index (χ4n) is 2.44. The number of carbonyl (C=O) groups excluding carboxylic acids is 1. The Morgan fingerprint density at radius 2 is 2.05 bits per heavy atom. The van der Waals surface area contributed by atoms with Gasteiger partial charge >= 0.3 is 0 Å². The highest BCUT2D eigenvalue weighted by molar-refractivity contribution is 6.07. The number of carbonyl (C=O) groups is 1. The average Bonchev–Trinajstić information content (AvgIpc) is 3.29. The number of hydrogen-bond donors (Lipinski definition) is 2. The van der Waals surface area contributed by atoms with E-state index in [0.717, 1.165) is 30.6 Å². The standard InChI is InChI=1S/C16H20N4O/c1-3-10-4-8-12(9-5-10)20(2)16(21)15-13(17)14(18-19-15)11-6-7-11/h4-5,8-9,11H,3,6-7,17H2,1-2H3,(H,18,19). The van der Waals surface area contributed by atoms with Gasteiger partial charge in [0.15, 0.2) is 5.69 Å². The van der Waals surface area contributed by atoms with Gasteiger partial charge < -0.3 is 10.6 Å². The quantitative estimate of drug-likeness (QED) is 0.906. The Hall–Kier alpha value is -2.30. The van der Waals surface area contributed by atoms with Gasteiger partial charge in [-0.3, -0.25) is 9.89 Å². The summed E-state index contributed by atoms with van der Waals surface area (Å²) in [4.78, 5) is 14.1. The third-order valence-electron chi connectivity index (χ3n) is 4.06. The van der Waals surface area contributed by atoms with Gasteiger partial charge in [-0.25, -0.2) is 0 Å². The Morgan fingerprint density at radius 3 is 2.62 bits per heavy atom. The number of nitrogens with one attached hydrogen (secondary N) is 1. The zero-order chi connectivity index (χ0) is 15.0. The smallest absolute Gasteiger partial charge is 0.280 e. The van der Waals surface area contributed by atoms with Gasteiger partial charge in [0.05, 0.1) is 11.4 Å². The first-order valence-corrected chi connectivity index (χ1v) is 7.32. The number of hydrogen-bond acceptors (Lipinski definition) is 3. The third kappa shape index (κ3) is 2.51. The van der Waals surface area contributed by atoms with E-state index in [1.807, 2.05) is 24.3 Å². The summed E-state index contributed by atoms with van der Waals surface area (Å²) in [7, 11) is 1.74.